The zero-order chi connectivity index (χ0) is 14.9. The Kier molecular flexibility index (Phi) is 4.77. The number of hydrogen-bond donors (Lipinski definition) is 1. The quantitative estimate of drug-likeness (QED) is 0.928. The Labute approximate surface area is 127 Å². The van der Waals surface area contributed by atoms with Gasteiger partial charge in [0.15, 0.2) is 0 Å². The van der Waals surface area contributed by atoms with Gasteiger partial charge in [-0.3, -0.25) is 9.58 Å². The number of likely N-dealkylation sites (tertiary alicyclic amines) is 1. The normalized spacial score (nSPS) is 20.8. The summed E-state index contributed by atoms with van der Waals surface area (Å²) in [5.74, 6) is 0. The molecule has 2 heterocycles. The van der Waals surface area contributed by atoms with Gasteiger partial charge in [-0.1, -0.05) is 11.6 Å². The van der Waals surface area contributed by atoms with E-state index in [-0.39, 0.29) is 5.54 Å². The van der Waals surface area contributed by atoms with Gasteiger partial charge in [-0.2, -0.15) is 5.10 Å². The van der Waals surface area contributed by atoms with Crippen LogP contribution in [0, 0.1) is 6.92 Å². The van der Waals surface area contributed by atoms with E-state index < -0.39 is 0 Å². The average Bonchev–Trinajstić information content (AvgIpc) is 2.87. The largest absolute Gasteiger partial charge is 0.311 e. The molecule has 0 saturated carbocycles. The maximum absolute atomic E-state index is 6.35. The second-order valence-electron chi connectivity index (χ2n) is 6.88. The smallest absolute Gasteiger partial charge is 0.131 e. The lowest BCUT2D eigenvalue weighted by Crippen LogP contribution is -2.45. The van der Waals surface area contributed by atoms with Gasteiger partial charge in [0.2, 0.25) is 0 Å². The highest BCUT2D eigenvalue weighted by Gasteiger charge is 2.27. The molecule has 1 atom stereocenters. The lowest BCUT2D eigenvalue weighted by Gasteiger charge is -2.29. The minimum absolute atomic E-state index is 0.177. The SMILES string of the molecule is Cc1nn(C)c(Cl)c1CN1CCCC1CNC(C)(C)C. The summed E-state index contributed by atoms with van der Waals surface area (Å²) in [4.78, 5) is 2.54. The maximum atomic E-state index is 6.35. The number of aromatic nitrogens is 2. The van der Waals surface area contributed by atoms with Crippen molar-refractivity contribution in [3.8, 4) is 0 Å². The summed E-state index contributed by atoms with van der Waals surface area (Å²) in [5.41, 5.74) is 2.40. The second-order valence-corrected chi connectivity index (χ2v) is 7.23. The summed E-state index contributed by atoms with van der Waals surface area (Å²) in [5, 5.41) is 8.80. The van der Waals surface area contributed by atoms with Crippen LogP contribution in [0.3, 0.4) is 0 Å². The van der Waals surface area contributed by atoms with Crippen LogP contribution in [0.2, 0.25) is 5.15 Å². The average molecular weight is 299 g/mol. The van der Waals surface area contributed by atoms with E-state index in [1.165, 1.54) is 18.4 Å². The molecule has 1 fully saturated rings. The van der Waals surface area contributed by atoms with Crippen LogP contribution in [0.15, 0.2) is 0 Å². The van der Waals surface area contributed by atoms with Crippen molar-refractivity contribution in [3.63, 3.8) is 0 Å². The molecule has 1 aliphatic rings. The van der Waals surface area contributed by atoms with Gasteiger partial charge in [0.1, 0.15) is 5.15 Å². The zero-order valence-electron chi connectivity index (χ0n) is 13.3. The van der Waals surface area contributed by atoms with Crippen LogP contribution in [-0.4, -0.2) is 39.4 Å². The van der Waals surface area contributed by atoms with Gasteiger partial charge < -0.3 is 5.32 Å². The van der Waals surface area contributed by atoms with E-state index in [9.17, 15) is 0 Å². The van der Waals surface area contributed by atoms with E-state index in [1.54, 1.807) is 4.68 Å². The first-order valence-electron chi connectivity index (χ1n) is 7.45. The Bertz CT molecular complexity index is 461. The molecule has 0 bridgehead atoms. The monoisotopic (exact) mass is 298 g/mol. The van der Waals surface area contributed by atoms with Gasteiger partial charge in [-0.25, -0.2) is 0 Å². The van der Waals surface area contributed by atoms with Crippen molar-refractivity contribution in [2.75, 3.05) is 13.1 Å². The van der Waals surface area contributed by atoms with E-state index in [2.05, 4.69) is 36.1 Å². The minimum atomic E-state index is 0.177. The van der Waals surface area contributed by atoms with Crippen molar-refractivity contribution in [3.05, 3.63) is 16.4 Å². The molecular weight excluding hydrogens is 272 g/mol. The first-order chi connectivity index (χ1) is 9.28. The van der Waals surface area contributed by atoms with Gasteiger partial charge in [0.25, 0.3) is 0 Å². The van der Waals surface area contributed by atoms with Crippen LogP contribution >= 0.6 is 11.6 Å². The molecule has 2 rings (SSSR count). The van der Waals surface area contributed by atoms with E-state index in [1.807, 2.05) is 14.0 Å². The van der Waals surface area contributed by atoms with E-state index in [0.29, 0.717) is 6.04 Å². The Morgan fingerprint density at radius 1 is 1.40 bits per heavy atom. The first-order valence-corrected chi connectivity index (χ1v) is 7.83. The Balaban J connectivity index is 2.01. The Hall–Kier alpha value is -0.580. The van der Waals surface area contributed by atoms with E-state index in [4.69, 9.17) is 11.6 Å². The predicted octanol–water partition coefficient (Wildman–Crippen LogP) is 2.73. The fourth-order valence-corrected chi connectivity index (χ4v) is 3.05. The third-order valence-electron chi connectivity index (χ3n) is 4.00. The fourth-order valence-electron chi connectivity index (χ4n) is 2.82. The zero-order valence-corrected chi connectivity index (χ0v) is 14.1. The summed E-state index contributed by atoms with van der Waals surface area (Å²) in [6.07, 6.45) is 2.54. The highest BCUT2D eigenvalue weighted by atomic mass is 35.5. The highest BCUT2D eigenvalue weighted by molar-refractivity contribution is 6.30. The Morgan fingerprint density at radius 2 is 2.10 bits per heavy atom. The van der Waals surface area contributed by atoms with Crippen LogP contribution in [0.4, 0.5) is 0 Å². The summed E-state index contributed by atoms with van der Waals surface area (Å²) >= 11 is 6.35. The maximum Gasteiger partial charge on any atom is 0.131 e. The van der Waals surface area contributed by atoms with Crippen molar-refractivity contribution < 1.29 is 0 Å². The predicted molar refractivity (Wildman–Crippen MR) is 84.1 cm³/mol. The molecule has 1 unspecified atom stereocenters. The first kappa shape index (κ1) is 15.8. The minimum Gasteiger partial charge on any atom is -0.311 e. The molecule has 114 valence electrons. The molecule has 1 saturated heterocycles. The lowest BCUT2D eigenvalue weighted by molar-refractivity contribution is 0.225. The lowest BCUT2D eigenvalue weighted by atomic mass is 10.1. The van der Waals surface area contributed by atoms with E-state index >= 15 is 0 Å². The van der Waals surface area contributed by atoms with Crippen LogP contribution in [0.1, 0.15) is 44.9 Å². The molecule has 1 aromatic heterocycles. The van der Waals surface area contributed by atoms with Crippen molar-refractivity contribution >= 4 is 11.6 Å². The Morgan fingerprint density at radius 3 is 2.65 bits per heavy atom. The van der Waals surface area contributed by atoms with Crippen LogP contribution < -0.4 is 5.32 Å². The van der Waals surface area contributed by atoms with Gasteiger partial charge >= 0.3 is 0 Å². The number of nitrogens with one attached hydrogen (secondary N) is 1. The summed E-state index contributed by atoms with van der Waals surface area (Å²) in [7, 11) is 1.90. The van der Waals surface area contributed by atoms with Gasteiger partial charge in [-0.05, 0) is 47.1 Å². The van der Waals surface area contributed by atoms with Crippen LogP contribution in [-0.2, 0) is 13.6 Å². The topological polar surface area (TPSA) is 33.1 Å². The molecule has 20 heavy (non-hydrogen) atoms. The third kappa shape index (κ3) is 3.74. The van der Waals surface area contributed by atoms with Crippen molar-refractivity contribution in [1.82, 2.24) is 20.0 Å². The van der Waals surface area contributed by atoms with Crippen molar-refractivity contribution in [2.24, 2.45) is 7.05 Å². The van der Waals surface area contributed by atoms with Gasteiger partial charge in [-0.15, -0.1) is 0 Å². The summed E-state index contributed by atoms with van der Waals surface area (Å²) in [6, 6.07) is 0.602. The highest BCUT2D eigenvalue weighted by Crippen LogP contribution is 2.25. The molecule has 5 heteroatoms. The number of aryl methyl sites for hydroxylation is 2. The molecule has 1 N–H and O–H groups in total. The van der Waals surface area contributed by atoms with Crippen molar-refractivity contribution in [1.29, 1.82) is 0 Å². The molecule has 0 radical (unpaired) electrons. The molecule has 4 nitrogen and oxygen atoms in total. The molecule has 0 aromatic carbocycles. The third-order valence-corrected chi connectivity index (χ3v) is 4.47. The fraction of sp³-hybridized carbons (Fsp3) is 0.800. The van der Waals surface area contributed by atoms with Gasteiger partial charge in [0, 0.05) is 37.3 Å². The van der Waals surface area contributed by atoms with Crippen molar-refractivity contribution in [2.45, 2.75) is 58.7 Å². The number of hydrogen-bond acceptors (Lipinski definition) is 3. The molecule has 1 aliphatic heterocycles. The van der Waals surface area contributed by atoms with Gasteiger partial charge in [0.05, 0.1) is 5.69 Å². The van der Waals surface area contributed by atoms with Crippen LogP contribution in [0.25, 0.3) is 0 Å². The molecule has 0 spiro atoms. The molecule has 1 aromatic rings. The number of nitrogens with zero attached hydrogens (tertiary/aromatic N) is 3. The standard InChI is InChI=1S/C15H27ClN4/c1-11-13(14(16)19(5)18-11)10-20-8-6-7-12(20)9-17-15(2,3)4/h12,17H,6-10H2,1-5H3. The molecular formula is C15H27ClN4. The summed E-state index contributed by atoms with van der Waals surface area (Å²) in [6.45, 7) is 11.8. The van der Waals surface area contributed by atoms with E-state index in [0.717, 1.165) is 30.5 Å². The number of rotatable bonds is 4. The molecule has 0 aliphatic carbocycles. The second kappa shape index (κ2) is 6.04. The molecule has 0 amide bonds. The summed E-state index contributed by atoms with van der Waals surface area (Å²) < 4.78 is 1.77. The number of halogens is 1. The van der Waals surface area contributed by atoms with Crippen LogP contribution in [0.5, 0.6) is 0 Å².